The van der Waals surface area contributed by atoms with E-state index >= 15 is 0 Å². The van der Waals surface area contributed by atoms with Crippen LogP contribution in [-0.4, -0.2) is 16.1 Å². The van der Waals surface area contributed by atoms with Gasteiger partial charge in [0.2, 0.25) is 0 Å². The zero-order valence-electron chi connectivity index (χ0n) is 9.44. The Bertz CT molecular complexity index is 349. The molecule has 1 aliphatic carbocycles. The van der Waals surface area contributed by atoms with Crippen molar-refractivity contribution in [2.24, 2.45) is 0 Å². The monoisotopic (exact) mass is 206 g/mol. The highest BCUT2D eigenvalue weighted by Crippen LogP contribution is 2.31. The molecular formula is C12H18N2O. The molecule has 0 unspecified atom stereocenters. The summed E-state index contributed by atoms with van der Waals surface area (Å²) in [7, 11) is 0. The number of hydrogen-bond acceptors (Lipinski definition) is 2. The van der Waals surface area contributed by atoms with E-state index < -0.39 is 0 Å². The second kappa shape index (κ2) is 4.17. The van der Waals surface area contributed by atoms with E-state index in [1.54, 1.807) is 0 Å². The van der Waals surface area contributed by atoms with Crippen molar-refractivity contribution in [2.45, 2.75) is 51.5 Å². The molecule has 0 aromatic carbocycles. The predicted octanol–water partition coefficient (Wildman–Crippen LogP) is 2.93. The van der Waals surface area contributed by atoms with E-state index in [-0.39, 0.29) is 0 Å². The number of aldehydes is 1. The summed E-state index contributed by atoms with van der Waals surface area (Å²) in [6.07, 6.45) is 5.84. The Labute approximate surface area is 90.5 Å². The molecule has 0 amide bonds. The van der Waals surface area contributed by atoms with Gasteiger partial charge in [0.25, 0.3) is 0 Å². The lowest BCUT2D eigenvalue weighted by molar-refractivity contribution is 0.111. The fourth-order valence-corrected chi connectivity index (χ4v) is 2.36. The van der Waals surface area contributed by atoms with Crippen LogP contribution in [0.3, 0.4) is 0 Å². The van der Waals surface area contributed by atoms with Crippen molar-refractivity contribution in [3.05, 3.63) is 17.5 Å². The lowest BCUT2D eigenvalue weighted by Crippen LogP contribution is -2.11. The Balaban J connectivity index is 2.34. The van der Waals surface area contributed by atoms with E-state index in [1.165, 1.54) is 31.4 Å². The van der Waals surface area contributed by atoms with E-state index in [4.69, 9.17) is 0 Å². The first-order valence-corrected chi connectivity index (χ1v) is 5.77. The molecule has 1 aliphatic rings. The highest BCUT2D eigenvalue weighted by atomic mass is 16.1. The fourth-order valence-electron chi connectivity index (χ4n) is 2.36. The Morgan fingerprint density at radius 2 is 2.13 bits per heavy atom. The average molecular weight is 206 g/mol. The summed E-state index contributed by atoms with van der Waals surface area (Å²) in [5.41, 5.74) is 1.77. The van der Waals surface area contributed by atoms with Crippen LogP contribution >= 0.6 is 0 Å². The Morgan fingerprint density at radius 1 is 1.47 bits per heavy atom. The minimum Gasteiger partial charge on any atom is -0.296 e. The molecule has 0 radical (unpaired) electrons. The summed E-state index contributed by atoms with van der Waals surface area (Å²) in [4.78, 5) is 10.7. The Hall–Kier alpha value is -1.12. The second-order valence-electron chi connectivity index (χ2n) is 4.65. The van der Waals surface area contributed by atoms with E-state index in [0.29, 0.717) is 17.7 Å². The SMILES string of the molecule is CC(C)c1cc(C=O)nn1C1CCCC1. The van der Waals surface area contributed by atoms with Gasteiger partial charge in [0.1, 0.15) is 5.69 Å². The van der Waals surface area contributed by atoms with E-state index in [9.17, 15) is 4.79 Å². The molecule has 1 aromatic heterocycles. The molecule has 3 nitrogen and oxygen atoms in total. The van der Waals surface area contributed by atoms with Gasteiger partial charge in [0.05, 0.1) is 6.04 Å². The average Bonchev–Trinajstić information content (AvgIpc) is 2.86. The zero-order chi connectivity index (χ0) is 10.8. The van der Waals surface area contributed by atoms with Gasteiger partial charge in [0, 0.05) is 5.69 Å². The van der Waals surface area contributed by atoms with Crippen LogP contribution < -0.4 is 0 Å². The predicted molar refractivity (Wildman–Crippen MR) is 59.2 cm³/mol. The third-order valence-corrected chi connectivity index (χ3v) is 3.17. The smallest absolute Gasteiger partial charge is 0.170 e. The minimum absolute atomic E-state index is 0.437. The molecule has 0 spiro atoms. The van der Waals surface area contributed by atoms with Crippen molar-refractivity contribution in [1.82, 2.24) is 9.78 Å². The van der Waals surface area contributed by atoms with Crippen LogP contribution in [0.1, 0.15) is 67.7 Å². The number of nitrogens with zero attached hydrogens (tertiary/aromatic N) is 2. The standard InChI is InChI=1S/C12H18N2O/c1-9(2)12-7-10(8-15)13-14(12)11-5-3-4-6-11/h7-9,11H,3-6H2,1-2H3. The molecule has 1 aromatic rings. The minimum atomic E-state index is 0.437. The zero-order valence-corrected chi connectivity index (χ0v) is 9.44. The first kappa shape index (κ1) is 10.4. The number of carbonyl (C=O) groups excluding carboxylic acids is 1. The molecule has 0 N–H and O–H groups in total. The van der Waals surface area contributed by atoms with E-state index in [1.807, 2.05) is 6.07 Å². The maximum Gasteiger partial charge on any atom is 0.170 e. The summed E-state index contributed by atoms with van der Waals surface area (Å²) in [5.74, 6) is 0.437. The molecule has 1 heterocycles. The first-order valence-electron chi connectivity index (χ1n) is 5.77. The molecule has 2 rings (SSSR count). The van der Waals surface area contributed by atoms with Crippen molar-refractivity contribution in [2.75, 3.05) is 0 Å². The number of carbonyl (C=O) groups is 1. The lowest BCUT2D eigenvalue weighted by Gasteiger charge is -2.15. The van der Waals surface area contributed by atoms with E-state index in [0.717, 1.165) is 6.29 Å². The Kier molecular flexibility index (Phi) is 2.89. The molecule has 0 saturated heterocycles. The molecule has 0 atom stereocenters. The normalized spacial score (nSPS) is 17.5. The van der Waals surface area contributed by atoms with Crippen LogP contribution in [0, 0.1) is 0 Å². The maximum atomic E-state index is 10.7. The highest BCUT2D eigenvalue weighted by molar-refractivity contribution is 5.71. The molecule has 15 heavy (non-hydrogen) atoms. The first-order chi connectivity index (χ1) is 7.22. The van der Waals surface area contributed by atoms with Gasteiger partial charge in [-0.3, -0.25) is 9.48 Å². The topological polar surface area (TPSA) is 34.9 Å². The second-order valence-corrected chi connectivity index (χ2v) is 4.65. The molecule has 0 aliphatic heterocycles. The third-order valence-electron chi connectivity index (χ3n) is 3.17. The quantitative estimate of drug-likeness (QED) is 0.713. The fraction of sp³-hybridized carbons (Fsp3) is 0.667. The number of aromatic nitrogens is 2. The number of rotatable bonds is 3. The molecule has 0 bridgehead atoms. The van der Waals surface area contributed by atoms with Crippen molar-refractivity contribution in [3.63, 3.8) is 0 Å². The molecule has 82 valence electrons. The van der Waals surface area contributed by atoms with Crippen molar-refractivity contribution >= 4 is 6.29 Å². The van der Waals surface area contributed by atoms with Gasteiger partial charge in [-0.2, -0.15) is 5.10 Å². The third kappa shape index (κ3) is 1.96. The van der Waals surface area contributed by atoms with Gasteiger partial charge in [-0.1, -0.05) is 26.7 Å². The molecule has 3 heteroatoms. The van der Waals surface area contributed by atoms with Crippen LogP contribution in [0.4, 0.5) is 0 Å². The maximum absolute atomic E-state index is 10.7. The Morgan fingerprint density at radius 3 is 2.67 bits per heavy atom. The lowest BCUT2D eigenvalue weighted by atomic mass is 10.1. The van der Waals surface area contributed by atoms with Crippen molar-refractivity contribution < 1.29 is 4.79 Å². The van der Waals surface area contributed by atoms with Gasteiger partial charge < -0.3 is 0 Å². The van der Waals surface area contributed by atoms with Crippen LogP contribution in [0.2, 0.25) is 0 Å². The van der Waals surface area contributed by atoms with Gasteiger partial charge in [-0.15, -0.1) is 0 Å². The van der Waals surface area contributed by atoms with Gasteiger partial charge >= 0.3 is 0 Å². The van der Waals surface area contributed by atoms with Gasteiger partial charge in [-0.05, 0) is 24.8 Å². The summed E-state index contributed by atoms with van der Waals surface area (Å²) < 4.78 is 2.08. The summed E-state index contributed by atoms with van der Waals surface area (Å²) in [5, 5.41) is 4.38. The highest BCUT2D eigenvalue weighted by Gasteiger charge is 2.22. The molecular weight excluding hydrogens is 188 g/mol. The molecule has 1 saturated carbocycles. The largest absolute Gasteiger partial charge is 0.296 e. The van der Waals surface area contributed by atoms with Crippen molar-refractivity contribution in [1.29, 1.82) is 0 Å². The van der Waals surface area contributed by atoms with Crippen LogP contribution in [0.5, 0.6) is 0 Å². The van der Waals surface area contributed by atoms with Gasteiger partial charge in [-0.25, -0.2) is 0 Å². The van der Waals surface area contributed by atoms with E-state index in [2.05, 4.69) is 23.6 Å². The summed E-state index contributed by atoms with van der Waals surface area (Å²) in [6, 6.07) is 2.45. The van der Waals surface area contributed by atoms with Crippen LogP contribution in [0.25, 0.3) is 0 Å². The van der Waals surface area contributed by atoms with Crippen LogP contribution in [-0.2, 0) is 0 Å². The van der Waals surface area contributed by atoms with Gasteiger partial charge in [0.15, 0.2) is 6.29 Å². The summed E-state index contributed by atoms with van der Waals surface area (Å²) >= 11 is 0. The molecule has 1 fully saturated rings. The number of hydrogen-bond donors (Lipinski definition) is 0. The van der Waals surface area contributed by atoms with Crippen LogP contribution in [0.15, 0.2) is 6.07 Å². The summed E-state index contributed by atoms with van der Waals surface area (Å²) in [6.45, 7) is 4.30. The van der Waals surface area contributed by atoms with Crippen molar-refractivity contribution in [3.8, 4) is 0 Å².